The zero-order valence-electron chi connectivity index (χ0n) is 12.9. The van der Waals surface area contributed by atoms with Crippen molar-refractivity contribution < 1.29 is 17.7 Å². The maximum Gasteiger partial charge on any atom is 0.393 e. The Labute approximate surface area is 122 Å². The smallest absolute Gasteiger partial charge is 0.338 e. The molecule has 1 aliphatic heterocycles. The van der Waals surface area contributed by atoms with Crippen molar-refractivity contribution in [3.63, 3.8) is 0 Å². The quantitative estimate of drug-likeness (QED) is 0.835. The molecule has 0 unspecified atom stereocenters. The van der Waals surface area contributed by atoms with Crippen LogP contribution in [0.15, 0.2) is 4.52 Å². The third-order valence-electron chi connectivity index (χ3n) is 3.93. The lowest BCUT2D eigenvalue weighted by molar-refractivity contribution is -0.188. The van der Waals surface area contributed by atoms with E-state index in [-0.39, 0.29) is 24.4 Å². The van der Waals surface area contributed by atoms with Crippen molar-refractivity contribution in [1.29, 1.82) is 0 Å². The number of halogens is 3. The molecule has 4 nitrogen and oxygen atoms in total. The maximum atomic E-state index is 12.9. The number of rotatable bonds is 2. The molecular formula is C14H22F3N3O. The Morgan fingerprint density at radius 2 is 1.95 bits per heavy atom. The molecule has 0 radical (unpaired) electrons. The van der Waals surface area contributed by atoms with Crippen molar-refractivity contribution in [3.05, 3.63) is 11.7 Å². The summed E-state index contributed by atoms with van der Waals surface area (Å²) >= 11 is 0. The number of aromatic nitrogens is 2. The predicted molar refractivity (Wildman–Crippen MR) is 71.8 cm³/mol. The van der Waals surface area contributed by atoms with Crippen LogP contribution >= 0.6 is 0 Å². The highest BCUT2D eigenvalue weighted by molar-refractivity contribution is 5.02. The number of likely N-dealkylation sites (tertiary alicyclic amines) is 1. The molecule has 0 aromatic carbocycles. The van der Waals surface area contributed by atoms with Gasteiger partial charge in [-0.25, -0.2) is 0 Å². The fourth-order valence-corrected chi connectivity index (χ4v) is 2.49. The summed E-state index contributed by atoms with van der Waals surface area (Å²) in [5.41, 5.74) is -0.238. The number of nitrogens with zero attached hydrogens (tertiary/aromatic N) is 3. The molecule has 120 valence electrons. The van der Waals surface area contributed by atoms with Gasteiger partial charge in [-0.1, -0.05) is 25.9 Å². The van der Waals surface area contributed by atoms with Crippen molar-refractivity contribution in [3.8, 4) is 0 Å². The number of piperidine rings is 1. The highest BCUT2D eigenvalue weighted by Gasteiger charge is 2.43. The molecular weight excluding hydrogens is 283 g/mol. The first kappa shape index (κ1) is 16.3. The molecule has 0 amide bonds. The average molecular weight is 305 g/mol. The molecule has 1 saturated heterocycles. The van der Waals surface area contributed by atoms with Gasteiger partial charge in [0.15, 0.2) is 5.82 Å². The van der Waals surface area contributed by atoms with Gasteiger partial charge in [-0.3, -0.25) is 4.90 Å². The highest BCUT2D eigenvalue weighted by atomic mass is 19.4. The standard InChI is InChI=1S/C14H22F3N3O/c1-9(11-18-12(19-21-11)13(2,3)4)20-7-5-6-10(8-20)14(15,16)17/h9-10H,5-8H2,1-4H3/t9-,10-/m1/s1. The number of alkyl halides is 3. The summed E-state index contributed by atoms with van der Waals surface area (Å²) in [5.74, 6) is -0.296. The van der Waals surface area contributed by atoms with Crippen LogP contribution in [0.4, 0.5) is 13.2 Å². The second-order valence-electron chi connectivity index (χ2n) is 6.76. The van der Waals surface area contributed by atoms with Crippen LogP contribution in [-0.4, -0.2) is 34.3 Å². The summed E-state index contributed by atoms with van der Waals surface area (Å²) in [6, 6.07) is -0.293. The predicted octanol–water partition coefficient (Wildman–Crippen LogP) is 3.70. The van der Waals surface area contributed by atoms with Crippen LogP contribution in [0, 0.1) is 5.92 Å². The van der Waals surface area contributed by atoms with Gasteiger partial charge < -0.3 is 4.52 Å². The van der Waals surface area contributed by atoms with Crippen LogP contribution < -0.4 is 0 Å². The molecule has 1 aromatic heterocycles. The molecule has 0 bridgehead atoms. The Morgan fingerprint density at radius 3 is 2.48 bits per heavy atom. The largest absolute Gasteiger partial charge is 0.393 e. The van der Waals surface area contributed by atoms with E-state index >= 15 is 0 Å². The van der Waals surface area contributed by atoms with Crippen molar-refractivity contribution in [2.24, 2.45) is 5.92 Å². The van der Waals surface area contributed by atoms with Crippen molar-refractivity contribution in [2.45, 2.75) is 58.2 Å². The molecule has 0 N–H and O–H groups in total. The summed E-state index contributed by atoms with van der Waals surface area (Å²) in [6.45, 7) is 8.34. The minimum absolute atomic E-state index is 0.00209. The first-order valence-electron chi connectivity index (χ1n) is 7.24. The minimum atomic E-state index is -4.14. The molecule has 7 heteroatoms. The van der Waals surface area contributed by atoms with Gasteiger partial charge in [0, 0.05) is 12.0 Å². The zero-order chi connectivity index (χ0) is 15.8. The molecule has 0 spiro atoms. The van der Waals surface area contributed by atoms with E-state index < -0.39 is 12.1 Å². The van der Waals surface area contributed by atoms with E-state index in [1.807, 2.05) is 27.7 Å². The molecule has 2 rings (SSSR count). The fraction of sp³-hybridized carbons (Fsp3) is 0.857. The molecule has 2 heterocycles. The zero-order valence-corrected chi connectivity index (χ0v) is 12.9. The first-order valence-corrected chi connectivity index (χ1v) is 7.24. The SMILES string of the molecule is C[C@H](c1nc(C(C)(C)C)no1)N1CCC[C@@H](C(F)(F)F)C1. The van der Waals surface area contributed by atoms with Gasteiger partial charge in [0.25, 0.3) is 0 Å². The Hall–Kier alpha value is -1.11. The first-order chi connectivity index (χ1) is 9.59. The van der Waals surface area contributed by atoms with E-state index in [9.17, 15) is 13.2 Å². The fourth-order valence-electron chi connectivity index (χ4n) is 2.49. The lowest BCUT2D eigenvalue weighted by Gasteiger charge is -2.36. The van der Waals surface area contributed by atoms with Gasteiger partial charge in [0.2, 0.25) is 5.89 Å². The Bertz CT molecular complexity index is 479. The summed E-state index contributed by atoms with van der Waals surface area (Å²) in [7, 11) is 0. The molecule has 1 aliphatic rings. The third kappa shape index (κ3) is 3.75. The van der Waals surface area contributed by atoms with Crippen molar-refractivity contribution >= 4 is 0 Å². The van der Waals surface area contributed by atoms with Crippen molar-refractivity contribution in [1.82, 2.24) is 15.0 Å². The van der Waals surface area contributed by atoms with Crippen LogP contribution in [-0.2, 0) is 5.41 Å². The van der Waals surface area contributed by atoms with Gasteiger partial charge >= 0.3 is 6.18 Å². The van der Waals surface area contributed by atoms with Gasteiger partial charge in [-0.05, 0) is 26.3 Å². The van der Waals surface area contributed by atoms with E-state index in [2.05, 4.69) is 10.1 Å². The molecule has 2 atom stereocenters. The summed E-state index contributed by atoms with van der Waals surface area (Å²) in [5, 5.41) is 3.94. The van der Waals surface area contributed by atoms with Gasteiger partial charge in [-0.2, -0.15) is 18.2 Å². The second kappa shape index (κ2) is 5.59. The molecule has 1 fully saturated rings. The van der Waals surface area contributed by atoms with E-state index in [0.29, 0.717) is 24.7 Å². The van der Waals surface area contributed by atoms with Crippen LogP contribution in [0.3, 0.4) is 0 Å². The van der Waals surface area contributed by atoms with Gasteiger partial charge in [0.1, 0.15) is 0 Å². The third-order valence-corrected chi connectivity index (χ3v) is 3.93. The molecule has 21 heavy (non-hydrogen) atoms. The van der Waals surface area contributed by atoms with Gasteiger partial charge in [-0.15, -0.1) is 0 Å². The summed E-state index contributed by atoms with van der Waals surface area (Å²) in [6.07, 6.45) is -3.40. The van der Waals surface area contributed by atoms with E-state index in [4.69, 9.17) is 4.52 Å². The lowest BCUT2D eigenvalue weighted by atomic mass is 9.95. The van der Waals surface area contributed by atoms with E-state index in [1.54, 1.807) is 4.90 Å². The van der Waals surface area contributed by atoms with Crippen LogP contribution in [0.5, 0.6) is 0 Å². The second-order valence-corrected chi connectivity index (χ2v) is 6.76. The molecule has 0 saturated carbocycles. The van der Waals surface area contributed by atoms with Crippen LogP contribution in [0.25, 0.3) is 0 Å². The van der Waals surface area contributed by atoms with Gasteiger partial charge in [0.05, 0.1) is 12.0 Å². The average Bonchev–Trinajstić information content (AvgIpc) is 2.86. The number of hydrogen-bond acceptors (Lipinski definition) is 4. The normalized spacial score (nSPS) is 23.3. The molecule has 1 aromatic rings. The highest BCUT2D eigenvalue weighted by Crippen LogP contribution is 2.35. The topological polar surface area (TPSA) is 42.2 Å². The van der Waals surface area contributed by atoms with E-state index in [0.717, 1.165) is 0 Å². The lowest BCUT2D eigenvalue weighted by Crippen LogP contribution is -2.42. The van der Waals surface area contributed by atoms with Crippen LogP contribution in [0.2, 0.25) is 0 Å². The maximum absolute atomic E-state index is 12.9. The summed E-state index contributed by atoms with van der Waals surface area (Å²) in [4.78, 5) is 6.12. The molecule has 0 aliphatic carbocycles. The van der Waals surface area contributed by atoms with Crippen molar-refractivity contribution in [2.75, 3.05) is 13.1 Å². The Balaban J connectivity index is 2.09. The Kier molecular flexibility index (Phi) is 4.33. The monoisotopic (exact) mass is 305 g/mol. The van der Waals surface area contributed by atoms with E-state index in [1.165, 1.54) is 0 Å². The Morgan fingerprint density at radius 1 is 1.29 bits per heavy atom. The van der Waals surface area contributed by atoms with Crippen LogP contribution in [0.1, 0.15) is 58.3 Å². The minimum Gasteiger partial charge on any atom is -0.338 e. The number of hydrogen-bond donors (Lipinski definition) is 0. The summed E-state index contributed by atoms with van der Waals surface area (Å²) < 4.78 is 43.8.